The molecule has 0 aromatic heterocycles. The number of hydrogen-bond donors (Lipinski definition) is 2. The first-order chi connectivity index (χ1) is 7.06. The van der Waals surface area contributed by atoms with Crippen LogP contribution in [0.5, 0.6) is 0 Å². The van der Waals surface area contributed by atoms with Gasteiger partial charge in [-0.3, -0.25) is 10.1 Å². The molecule has 0 saturated carbocycles. The summed E-state index contributed by atoms with van der Waals surface area (Å²) in [5, 5.41) is 19.4. The predicted molar refractivity (Wildman–Crippen MR) is 58.6 cm³/mol. The Morgan fingerprint density at radius 2 is 2.27 bits per heavy atom. The van der Waals surface area contributed by atoms with Gasteiger partial charge in [-0.05, 0) is 6.07 Å². The fourth-order valence-electron chi connectivity index (χ4n) is 1.09. The minimum atomic E-state index is -0.600. The van der Waals surface area contributed by atoms with Gasteiger partial charge >= 0.3 is 0 Å². The van der Waals surface area contributed by atoms with E-state index in [4.69, 9.17) is 22.4 Å². The van der Waals surface area contributed by atoms with Gasteiger partial charge in [0, 0.05) is 16.7 Å². The first-order valence-corrected chi connectivity index (χ1v) is 4.45. The number of aliphatic hydroxyl groups is 1. The maximum absolute atomic E-state index is 10.6. The van der Waals surface area contributed by atoms with Crippen LogP contribution in [0.15, 0.2) is 18.2 Å². The third-order valence-corrected chi connectivity index (χ3v) is 1.97. The number of nitrogen functional groups attached to an aromatic ring is 1. The molecule has 0 heterocycles. The Bertz CT molecular complexity index is 418. The van der Waals surface area contributed by atoms with E-state index in [1.165, 1.54) is 24.3 Å². The van der Waals surface area contributed by atoms with Crippen LogP contribution in [0.25, 0.3) is 6.08 Å². The molecule has 0 radical (unpaired) electrons. The first kappa shape index (κ1) is 11.5. The predicted octanol–water partition coefficient (Wildman–Crippen LogP) is 1.84. The van der Waals surface area contributed by atoms with Crippen LogP contribution in [0.4, 0.5) is 11.4 Å². The second-order valence-electron chi connectivity index (χ2n) is 2.77. The van der Waals surface area contributed by atoms with Crippen molar-refractivity contribution < 1.29 is 10.0 Å². The van der Waals surface area contributed by atoms with Crippen LogP contribution in [0.3, 0.4) is 0 Å². The number of hydrogen-bond acceptors (Lipinski definition) is 4. The second kappa shape index (κ2) is 4.77. The number of aliphatic hydroxyl groups excluding tert-OH is 1. The number of benzene rings is 1. The summed E-state index contributed by atoms with van der Waals surface area (Å²) < 4.78 is 0. The van der Waals surface area contributed by atoms with Gasteiger partial charge < -0.3 is 10.8 Å². The van der Waals surface area contributed by atoms with Crippen molar-refractivity contribution in [2.24, 2.45) is 0 Å². The number of nitro groups is 1. The van der Waals surface area contributed by atoms with Crippen molar-refractivity contribution in [2.75, 3.05) is 12.3 Å². The molecule has 1 aromatic rings. The fourth-order valence-corrected chi connectivity index (χ4v) is 1.31. The van der Waals surface area contributed by atoms with Crippen molar-refractivity contribution in [3.05, 3.63) is 38.9 Å². The van der Waals surface area contributed by atoms with Gasteiger partial charge in [0.2, 0.25) is 0 Å². The topological polar surface area (TPSA) is 89.4 Å². The van der Waals surface area contributed by atoms with Gasteiger partial charge in [-0.2, -0.15) is 0 Å². The lowest BCUT2D eigenvalue weighted by Crippen LogP contribution is -1.98. The quantitative estimate of drug-likeness (QED) is 0.469. The van der Waals surface area contributed by atoms with Crippen LogP contribution in [0.1, 0.15) is 5.56 Å². The third kappa shape index (κ3) is 2.68. The molecular weight excluding hydrogens is 220 g/mol. The first-order valence-electron chi connectivity index (χ1n) is 4.07. The van der Waals surface area contributed by atoms with E-state index in [0.717, 1.165) is 0 Å². The highest BCUT2D eigenvalue weighted by Gasteiger charge is 2.14. The molecule has 0 atom stereocenters. The molecule has 80 valence electrons. The van der Waals surface area contributed by atoms with Crippen molar-refractivity contribution in [2.45, 2.75) is 0 Å². The third-order valence-electron chi connectivity index (χ3n) is 1.75. The Morgan fingerprint density at radius 1 is 1.60 bits per heavy atom. The lowest BCUT2D eigenvalue weighted by molar-refractivity contribution is -0.383. The summed E-state index contributed by atoms with van der Waals surface area (Å²) in [6, 6.07) is 2.68. The Kier molecular flexibility index (Phi) is 3.65. The maximum Gasteiger partial charge on any atom is 0.294 e. The Labute approximate surface area is 90.9 Å². The van der Waals surface area contributed by atoms with E-state index in [1.54, 1.807) is 0 Å². The van der Waals surface area contributed by atoms with E-state index < -0.39 is 4.92 Å². The zero-order chi connectivity index (χ0) is 11.4. The minimum Gasteiger partial charge on any atom is -0.393 e. The number of nitro benzene ring substituents is 1. The zero-order valence-electron chi connectivity index (χ0n) is 7.68. The van der Waals surface area contributed by atoms with Crippen LogP contribution < -0.4 is 5.73 Å². The summed E-state index contributed by atoms with van der Waals surface area (Å²) >= 11 is 5.69. The summed E-state index contributed by atoms with van der Waals surface area (Å²) in [6.07, 6.45) is 2.90. The molecule has 0 aliphatic rings. The molecule has 0 unspecified atom stereocenters. The average molecular weight is 229 g/mol. The molecular formula is C9H9ClN2O3. The molecule has 0 bridgehead atoms. The van der Waals surface area contributed by atoms with Crippen molar-refractivity contribution in [1.82, 2.24) is 0 Å². The average Bonchev–Trinajstić information content (AvgIpc) is 2.18. The highest BCUT2D eigenvalue weighted by molar-refractivity contribution is 6.31. The maximum atomic E-state index is 10.6. The van der Waals surface area contributed by atoms with Crippen LogP contribution in [0.2, 0.25) is 5.02 Å². The Morgan fingerprint density at radius 3 is 2.80 bits per heavy atom. The van der Waals surface area contributed by atoms with Gasteiger partial charge in [0.1, 0.15) is 5.69 Å². The van der Waals surface area contributed by atoms with Gasteiger partial charge in [-0.1, -0.05) is 23.8 Å². The normalized spacial score (nSPS) is 10.8. The number of anilines is 1. The van der Waals surface area contributed by atoms with E-state index >= 15 is 0 Å². The van der Waals surface area contributed by atoms with Crippen LogP contribution >= 0.6 is 11.6 Å². The number of nitrogens with zero attached hydrogens (tertiary/aromatic N) is 1. The molecule has 3 N–H and O–H groups in total. The van der Waals surface area contributed by atoms with E-state index in [1.807, 2.05) is 0 Å². The number of halogens is 1. The smallest absolute Gasteiger partial charge is 0.294 e. The van der Waals surface area contributed by atoms with E-state index in [-0.39, 0.29) is 23.0 Å². The largest absolute Gasteiger partial charge is 0.393 e. The van der Waals surface area contributed by atoms with E-state index in [0.29, 0.717) is 5.56 Å². The molecule has 1 rings (SSSR count). The lowest BCUT2D eigenvalue weighted by Gasteiger charge is -2.02. The summed E-state index contributed by atoms with van der Waals surface area (Å²) in [5.74, 6) is 0. The van der Waals surface area contributed by atoms with Gasteiger partial charge in [-0.15, -0.1) is 0 Å². The van der Waals surface area contributed by atoms with Gasteiger partial charge in [0.15, 0.2) is 0 Å². The van der Waals surface area contributed by atoms with E-state index in [2.05, 4.69) is 0 Å². The van der Waals surface area contributed by atoms with Crippen molar-refractivity contribution in [1.29, 1.82) is 0 Å². The van der Waals surface area contributed by atoms with Crippen LogP contribution in [-0.2, 0) is 0 Å². The molecule has 0 spiro atoms. The van der Waals surface area contributed by atoms with Gasteiger partial charge in [0.25, 0.3) is 5.69 Å². The van der Waals surface area contributed by atoms with Crippen molar-refractivity contribution in [3.8, 4) is 0 Å². The molecule has 0 aliphatic heterocycles. The van der Waals surface area contributed by atoms with Gasteiger partial charge in [0.05, 0.1) is 11.5 Å². The molecule has 5 nitrogen and oxygen atoms in total. The standard InChI is InChI=1S/C9H9ClN2O3/c10-7-4-6(2-1-3-13)9(11)8(5-7)12(14)15/h1-2,4-5,13H,3,11H2. The summed E-state index contributed by atoms with van der Waals surface area (Å²) in [6.45, 7) is -0.167. The Hall–Kier alpha value is -1.59. The highest BCUT2D eigenvalue weighted by Crippen LogP contribution is 2.30. The fraction of sp³-hybridized carbons (Fsp3) is 0.111. The monoisotopic (exact) mass is 228 g/mol. The van der Waals surface area contributed by atoms with Gasteiger partial charge in [-0.25, -0.2) is 0 Å². The summed E-state index contributed by atoms with van der Waals surface area (Å²) in [5.41, 5.74) is 5.78. The molecule has 0 aliphatic carbocycles. The number of nitrogens with two attached hydrogens (primary N) is 1. The number of rotatable bonds is 3. The Balaban J connectivity index is 3.28. The lowest BCUT2D eigenvalue weighted by atomic mass is 10.1. The highest BCUT2D eigenvalue weighted by atomic mass is 35.5. The van der Waals surface area contributed by atoms with Crippen LogP contribution in [0, 0.1) is 10.1 Å². The zero-order valence-corrected chi connectivity index (χ0v) is 8.44. The molecule has 15 heavy (non-hydrogen) atoms. The van der Waals surface area contributed by atoms with Crippen LogP contribution in [-0.4, -0.2) is 16.6 Å². The summed E-state index contributed by atoms with van der Waals surface area (Å²) in [7, 11) is 0. The molecule has 0 saturated heterocycles. The minimum absolute atomic E-state index is 0.0362. The van der Waals surface area contributed by atoms with E-state index in [9.17, 15) is 10.1 Å². The van der Waals surface area contributed by atoms with Crippen molar-refractivity contribution >= 4 is 29.1 Å². The second-order valence-corrected chi connectivity index (χ2v) is 3.21. The summed E-state index contributed by atoms with van der Waals surface area (Å²) in [4.78, 5) is 9.99. The molecule has 0 fully saturated rings. The SMILES string of the molecule is Nc1c(C=CCO)cc(Cl)cc1[N+](=O)[O-]. The molecule has 6 heteroatoms. The van der Waals surface area contributed by atoms with Crippen molar-refractivity contribution in [3.63, 3.8) is 0 Å². The molecule has 0 amide bonds. The molecule has 1 aromatic carbocycles.